The van der Waals surface area contributed by atoms with E-state index in [4.69, 9.17) is 20.4 Å². The average molecular weight is 164 g/mol. The fourth-order valence-corrected chi connectivity index (χ4v) is 1.03. The predicted octanol–water partition coefficient (Wildman–Crippen LogP) is -2.19. The van der Waals surface area contributed by atoms with Crippen LogP contribution < -0.4 is 0 Å². The third-order valence-electron chi connectivity index (χ3n) is 1.83. The first-order valence-corrected chi connectivity index (χ1v) is 3.41. The van der Waals surface area contributed by atoms with Gasteiger partial charge >= 0.3 is 0 Å². The van der Waals surface area contributed by atoms with E-state index in [2.05, 4.69) is 4.74 Å². The van der Waals surface area contributed by atoms with Gasteiger partial charge in [0.15, 0.2) is 6.29 Å². The zero-order valence-corrected chi connectivity index (χ0v) is 6.08. The Labute approximate surface area is 63.8 Å². The van der Waals surface area contributed by atoms with Gasteiger partial charge in [-0.05, 0) is 6.92 Å². The minimum absolute atomic E-state index is 0.664. The molecule has 0 aromatic rings. The van der Waals surface area contributed by atoms with Crippen molar-refractivity contribution in [3.63, 3.8) is 0 Å². The van der Waals surface area contributed by atoms with Crippen LogP contribution in [0.1, 0.15) is 6.92 Å². The summed E-state index contributed by atoms with van der Waals surface area (Å²) in [5.41, 5.74) is 0. The third-order valence-corrected chi connectivity index (χ3v) is 1.83. The SMILES string of the molecule is CC1O[C@@H](O)C(O)[C@@H](O)[C@H]1O. The Bertz CT molecular complexity index is 125. The lowest BCUT2D eigenvalue weighted by molar-refractivity contribution is -0.277. The molecule has 1 aliphatic heterocycles. The Morgan fingerprint density at radius 2 is 1.45 bits per heavy atom. The molecule has 0 bridgehead atoms. The molecule has 11 heavy (non-hydrogen) atoms. The molecule has 1 saturated heterocycles. The summed E-state index contributed by atoms with van der Waals surface area (Å²) < 4.78 is 4.68. The maximum Gasteiger partial charge on any atom is 0.183 e. The van der Waals surface area contributed by atoms with Crippen molar-refractivity contribution in [3.8, 4) is 0 Å². The Hall–Kier alpha value is -0.200. The second-order valence-corrected chi connectivity index (χ2v) is 2.70. The maximum absolute atomic E-state index is 9.09. The lowest BCUT2D eigenvalue weighted by Gasteiger charge is -2.36. The molecule has 66 valence electrons. The van der Waals surface area contributed by atoms with Crippen molar-refractivity contribution < 1.29 is 25.2 Å². The Kier molecular flexibility index (Phi) is 2.46. The summed E-state index contributed by atoms with van der Waals surface area (Å²) in [6, 6.07) is 0. The molecule has 0 spiro atoms. The van der Waals surface area contributed by atoms with Gasteiger partial charge in [-0.3, -0.25) is 0 Å². The molecule has 0 radical (unpaired) electrons. The van der Waals surface area contributed by atoms with E-state index in [-0.39, 0.29) is 0 Å². The van der Waals surface area contributed by atoms with Crippen molar-refractivity contribution in [1.82, 2.24) is 0 Å². The highest BCUT2D eigenvalue weighted by atomic mass is 16.6. The first-order chi connectivity index (χ1) is 5.04. The fraction of sp³-hybridized carbons (Fsp3) is 1.00. The summed E-state index contributed by atoms with van der Waals surface area (Å²) in [5, 5.41) is 36.0. The van der Waals surface area contributed by atoms with Crippen LogP contribution in [0.3, 0.4) is 0 Å². The quantitative estimate of drug-likeness (QED) is 0.326. The van der Waals surface area contributed by atoms with Gasteiger partial charge in [-0.15, -0.1) is 0 Å². The molecule has 0 aromatic heterocycles. The Morgan fingerprint density at radius 3 is 2.00 bits per heavy atom. The van der Waals surface area contributed by atoms with Crippen LogP contribution in [0, 0.1) is 0 Å². The highest BCUT2D eigenvalue weighted by Gasteiger charge is 2.40. The molecular formula is C6H12O5. The van der Waals surface area contributed by atoms with Crippen LogP contribution in [-0.2, 0) is 4.74 Å². The molecule has 0 aromatic carbocycles. The highest BCUT2D eigenvalue weighted by Crippen LogP contribution is 2.18. The van der Waals surface area contributed by atoms with E-state index >= 15 is 0 Å². The second-order valence-electron chi connectivity index (χ2n) is 2.70. The maximum atomic E-state index is 9.09. The summed E-state index contributed by atoms with van der Waals surface area (Å²) in [7, 11) is 0. The van der Waals surface area contributed by atoms with Crippen molar-refractivity contribution in [2.24, 2.45) is 0 Å². The van der Waals surface area contributed by atoms with E-state index < -0.39 is 30.7 Å². The molecule has 0 aliphatic carbocycles. The molecule has 4 N–H and O–H groups in total. The number of rotatable bonds is 0. The molecule has 5 heteroatoms. The lowest BCUT2D eigenvalue weighted by atomic mass is 10.0. The van der Waals surface area contributed by atoms with Crippen LogP contribution in [0.25, 0.3) is 0 Å². The predicted molar refractivity (Wildman–Crippen MR) is 34.6 cm³/mol. The van der Waals surface area contributed by atoms with Crippen molar-refractivity contribution in [1.29, 1.82) is 0 Å². The molecular weight excluding hydrogens is 152 g/mol. The number of hydrogen-bond acceptors (Lipinski definition) is 5. The fourth-order valence-electron chi connectivity index (χ4n) is 1.03. The third kappa shape index (κ3) is 1.52. The molecule has 1 rings (SSSR count). The smallest absolute Gasteiger partial charge is 0.183 e. The van der Waals surface area contributed by atoms with Crippen LogP contribution >= 0.6 is 0 Å². The Morgan fingerprint density at radius 1 is 0.909 bits per heavy atom. The van der Waals surface area contributed by atoms with Crippen LogP contribution in [0.5, 0.6) is 0 Å². The van der Waals surface area contributed by atoms with Gasteiger partial charge < -0.3 is 25.2 Å². The molecule has 0 amide bonds. The van der Waals surface area contributed by atoms with E-state index in [1.54, 1.807) is 0 Å². The number of aliphatic hydroxyl groups excluding tert-OH is 4. The minimum atomic E-state index is -1.43. The molecule has 1 aliphatic rings. The van der Waals surface area contributed by atoms with E-state index in [0.717, 1.165) is 0 Å². The summed E-state index contributed by atoms with van der Waals surface area (Å²) in [4.78, 5) is 0. The standard InChI is InChI=1S/C6H12O5/c1-2-3(7)4(8)5(9)6(10)11-2/h2-10H,1H3/t2?,3-,4-,5?,6+/m0/s1. The van der Waals surface area contributed by atoms with Gasteiger partial charge in [0.05, 0.1) is 6.10 Å². The van der Waals surface area contributed by atoms with Crippen LogP contribution in [0.2, 0.25) is 0 Å². The monoisotopic (exact) mass is 164 g/mol. The second kappa shape index (κ2) is 3.04. The zero-order chi connectivity index (χ0) is 8.59. The van der Waals surface area contributed by atoms with Gasteiger partial charge in [0, 0.05) is 0 Å². The van der Waals surface area contributed by atoms with Gasteiger partial charge in [-0.25, -0.2) is 0 Å². The molecule has 5 atom stereocenters. The van der Waals surface area contributed by atoms with Crippen LogP contribution in [0.15, 0.2) is 0 Å². The number of aliphatic hydroxyl groups is 4. The number of ether oxygens (including phenoxy) is 1. The van der Waals surface area contributed by atoms with Gasteiger partial charge in [0.25, 0.3) is 0 Å². The van der Waals surface area contributed by atoms with Gasteiger partial charge in [0.1, 0.15) is 18.3 Å². The van der Waals surface area contributed by atoms with Gasteiger partial charge in [-0.2, -0.15) is 0 Å². The van der Waals surface area contributed by atoms with Crippen LogP contribution in [0.4, 0.5) is 0 Å². The van der Waals surface area contributed by atoms with E-state index in [1.807, 2.05) is 0 Å². The van der Waals surface area contributed by atoms with E-state index in [1.165, 1.54) is 6.92 Å². The first-order valence-electron chi connectivity index (χ1n) is 3.41. The van der Waals surface area contributed by atoms with Crippen molar-refractivity contribution in [2.75, 3.05) is 0 Å². The first kappa shape index (κ1) is 8.89. The molecule has 5 nitrogen and oxygen atoms in total. The topological polar surface area (TPSA) is 90.2 Å². The Balaban J connectivity index is 2.63. The zero-order valence-electron chi connectivity index (χ0n) is 6.08. The van der Waals surface area contributed by atoms with Gasteiger partial charge in [0.2, 0.25) is 0 Å². The van der Waals surface area contributed by atoms with E-state index in [0.29, 0.717) is 0 Å². The number of hydrogen-bond donors (Lipinski definition) is 4. The van der Waals surface area contributed by atoms with Gasteiger partial charge in [-0.1, -0.05) is 0 Å². The van der Waals surface area contributed by atoms with Crippen molar-refractivity contribution >= 4 is 0 Å². The lowest BCUT2D eigenvalue weighted by Crippen LogP contribution is -2.56. The van der Waals surface area contributed by atoms with Crippen LogP contribution in [-0.4, -0.2) is 51.1 Å². The summed E-state index contributed by atoms with van der Waals surface area (Å²) >= 11 is 0. The molecule has 1 heterocycles. The van der Waals surface area contributed by atoms with Crippen molar-refractivity contribution in [3.05, 3.63) is 0 Å². The molecule has 0 saturated carbocycles. The molecule has 2 unspecified atom stereocenters. The minimum Gasteiger partial charge on any atom is -0.388 e. The summed E-state index contributed by atoms with van der Waals surface area (Å²) in [6.45, 7) is 1.50. The van der Waals surface area contributed by atoms with Crippen molar-refractivity contribution in [2.45, 2.75) is 37.6 Å². The molecule has 1 fully saturated rings. The largest absolute Gasteiger partial charge is 0.388 e. The summed E-state index contributed by atoms with van der Waals surface area (Å²) in [5.74, 6) is 0. The summed E-state index contributed by atoms with van der Waals surface area (Å²) in [6.07, 6.45) is -5.99. The van der Waals surface area contributed by atoms with E-state index in [9.17, 15) is 0 Å². The highest BCUT2D eigenvalue weighted by molar-refractivity contribution is 4.86. The normalized spacial score (nSPS) is 52.6. The average Bonchev–Trinajstić information content (AvgIpc) is 1.97.